The molecule has 0 aliphatic rings. The van der Waals surface area contributed by atoms with Gasteiger partial charge in [-0.2, -0.15) is 0 Å². The van der Waals surface area contributed by atoms with E-state index >= 15 is 0 Å². The van der Waals surface area contributed by atoms with Gasteiger partial charge in [0.05, 0.1) is 0 Å². The van der Waals surface area contributed by atoms with Crippen LogP contribution in [0.15, 0.2) is 48.5 Å². The first-order chi connectivity index (χ1) is 9.99. The molecule has 1 amide bonds. The van der Waals surface area contributed by atoms with E-state index in [4.69, 9.17) is 5.73 Å². The Labute approximate surface area is 122 Å². The van der Waals surface area contributed by atoms with Crippen molar-refractivity contribution in [2.75, 3.05) is 7.05 Å². The molecule has 1 atom stereocenters. The van der Waals surface area contributed by atoms with E-state index in [0.717, 1.165) is 17.7 Å². The molecule has 0 saturated carbocycles. The first-order valence-electron chi connectivity index (χ1n) is 6.47. The van der Waals surface area contributed by atoms with Gasteiger partial charge in [0.15, 0.2) is 11.6 Å². The number of nitrogens with two attached hydrogens (primary N) is 1. The Bertz CT molecular complexity index is 631. The fourth-order valence-corrected chi connectivity index (χ4v) is 2.29. The van der Waals surface area contributed by atoms with E-state index < -0.39 is 23.6 Å². The minimum atomic E-state index is -0.906. The Morgan fingerprint density at radius 3 is 2.38 bits per heavy atom. The lowest BCUT2D eigenvalue weighted by Gasteiger charge is -2.26. The highest BCUT2D eigenvalue weighted by Gasteiger charge is 2.22. The number of primary amides is 1. The normalized spacial score (nSPS) is 12.4. The minimum absolute atomic E-state index is 0.277. The van der Waals surface area contributed by atoms with Gasteiger partial charge in [-0.05, 0) is 30.3 Å². The van der Waals surface area contributed by atoms with Crippen LogP contribution >= 0.6 is 0 Å². The summed E-state index contributed by atoms with van der Waals surface area (Å²) in [6.07, 6.45) is 0. The number of carbonyl (C=O) groups excluding carboxylic acids is 1. The van der Waals surface area contributed by atoms with Crippen molar-refractivity contribution < 1.29 is 13.6 Å². The zero-order valence-electron chi connectivity index (χ0n) is 11.6. The molecule has 0 spiro atoms. The van der Waals surface area contributed by atoms with Gasteiger partial charge in [-0.25, -0.2) is 8.78 Å². The SMILES string of the molecule is CN(Cc1ccc(F)c(F)c1)C(C(N)=O)c1ccccc1. The molecule has 2 aromatic carbocycles. The van der Waals surface area contributed by atoms with Gasteiger partial charge in [0.25, 0.3) is 0 Å². The molecule has 110 valence electrons. The number of carbonyl (C=O) groups is 1. The third-order valence-corrected chi connectivity index (χ3v) is 3.24. The molecule has 2 aromatic rings. The largest absolute Gasteiger partial charge is 0.368 e. The molecule has 2 rings (SSSR count). The predicted octanol–water partition coefficient (Wildman–Crippen LogP) is 2.62. The summed E-state index contributed by atoms with van der Waals surface area (Å²) in [7, 11) is 1.71. The number of rotatable bonds is 5. The van der Waals surface area contributed by atoms with Crippen LogP contribution in [0.1, 0.15) is 17.2 Å². The summed E-state index contributed by atoms with van der Waals surface area (Å²) >= 11 is 0. The average Bonchev–Trinajstić information content (AvgIpc) is 2.44. The van der Waals surface area contributed by atoms with Crippen molar-refractivity contribution in [3.8, 4) is 0 Å². The van der Waals surface area contributed by atoms with Gasteiger partial charge in [-0.15, -0.1) is 0 Å². The summed E-state index contributed by atoms with van der Waals surface area (Å²) < 4.78 is 26.2. The fourth-order valence-electron chi connectivity index (χ4n) is 2.29. The molecule has 5 heteroatoms. The van der Waals surface area contributed by atoms with E-state index in [1.165, 1.54) is 6.07 Å². The molecule has 0 saturated heterocycles. The molecular formula is C16H16F2N2O. The first kappa shape index (κ1) is 15.1. The number of hydrogen-bond acceptors (Lipinski definition) is 2. The summed E-state index contributed by atoms with van der Waals surface area (Å²) in [5.41, 5.74) is 6.79. The fraction of sp³-hybridized carbons (Fsp3) is 0.188. The second-order valence-corrected chi connectivity index (χ2v) is 4.88. The van der Waals surface area contributed by atoms with Crippen molar-refractivity contribution >= 4 is 5.91 Å². The quantitative estimate of drug-likeness (QED) is 0.920. The maximum atomic E-state index is 13.2. The number of nitrogens with zero attached hydrogens (tertiary/aromatic N) is 1. The lowest BCUT2D eigenvalue weighted by Crippen LogP contribution is -2.35. The highest BCUT2D eigenvalue weighted by molar-refractivity contribution is 5.81. The zero-order valence-corrected chi connectivity index (χ0v) is 11.6. The third kappa shape index (κ3) is 3.64. The minimum Gasteiger partial charge on any atom is -0.368 e. The molecule has 0 aromatic heterocycles. The smallest absolute Gasteiger partial charge is 0.239 e. The molecule has 0 radical (unpaired) electrons. The average molecular weight is 290 g/mol. The predicted molar refractivity (Wildman–Crippen MR) is 76.2 cm³/mol. The van der Waals surface area contributed by atoms with Crippen LogP contribution in [0.2, 0.25) is 0 Å². The molecular weight excluding hydrogens is 274 g/mol. The van der Waals surface area contributed by atoms with Crippen LogP contribution in [-0.4, -0.2) is 17.9 Å². The highest BCUT2D eigenvalue weighted by atomic mass is 19.2. The summed E-state index contributed by atoms with van der Waals surface area (Å²) in [6, 6.07) is 12.1. The molecule has 0 aliphatic carbocycles. The number of amides is 1. The molecule has 0 fully saturated rings. The van der Waals surface area contributed by atoms with Gasteiger partial charge in [-0.1, -0.05) is 36.4 Å². The molecule has 0 bridgehead atoms. The molecule has 2 N–H and O–H groups in total. The van der Waals surface area contributed by atoms with Crippen LogP contribution < -0.4 is 5.73 Å². The van der Waals surface area contributed by atoms with Gasteiger partial charge in [0.2, 0.25) is 5.91 Å². The van der Waals surface area contributed by atoms with Crippen molar-refractivity contribution in [2.45, 2.75) is 12.6 Å². The van der Waals surface area contributed by atoms with E-state index in [2.05, 4.69) is 0 Å². The number of benzene rings is 2. The number of likely N-dealkylation sites (N-methyl/N-ethyl adjacent to an activating group) is 1. The van der Waals surface area contributed by atoms with Crippen LogP contribution in [0, 0.1) is 11.6 Å². The van der Waals surface area contributed by atoms with Gasteiger partial charge in [0.1, 0.15) is 6.04 Å². The van der Waals surface area contributed by atoms with Crippen molar-refractivity contribution in [1.29, 1.82) is 0 Å². The van der Waals surface area contributed by atoms with E-state index in [-0.39, 0.29) is 6.54 Å². The van der Waals surface area contributed by atoms with E-state index in [0.29, 0.717) is 5.56 Å². The maximum Gasteiger partial charge on any atom is 0.239 e. The Morgan fingerprint density at radius 1 is 1.14 bits per heavy atom. The van der Waals surface area contributed by atoms with Gasteiger partial charge >= 0.3 is 0 Å². The van der Waals surface area contributed by atoms with Crippen molar-refractivity contribution in [3.63, 3.8) is 0 Å². The second kappa shape index (κ2) is 6.45. The van der Waals surface area contributed by atoms with Gasteiger partial charge < -0.3 is 5.73 Å². The maximum absolute atomic E-state index is 13.2. The molecule has 3 nitrogen and oxygen atoms in total. The van der Waals surface area contributed by atoms with Crippen LogP contribution in [0.4, 0.5) is 8.78 Å². The van der Waals surface area contributed by atoms with Crippen LogP contribution in [0.25, 0.3) is 0 Å². The monoisotopic (exact) mass is 290 g/mol. The zero-order chi connectivity index (χ0) is 15.4. The molecule has 0 aliphatic heterocycles. The molecule has 1 unspecified atom stereocenters. The van der Waals surface area contributed by atoms with E-state index in [9.17, 15) is 13.6 Å². The Morgan fingerprint density at radius 2 is 1.81 bits per heavy atom. The molecule has 21 heavy (non-hydrogen) atoms. The van der Waals surface area contributed by atoms with E-state index in [1.54, 1.807) is 24.1 Å². The standard InChI is InChI=1S/C16H16F2N2O/c1-20(10-11-7-8-13(17)14(18)9-11)15(16(19)21)12-5-3-2-4-6-12/h2-9,15H,10H2,1H3,(H2,19,21). The van der Waals surface area contributed by atoms with Crippen LogP contribution in [-0.2, 0) is 11.3 Å². The summed E-state index contributed by atoms with van der Waals surface area (Å²) in [4.78, 5) is 13.4. The molecule has 0 heterocycles. The summed E-state index contributed by atoms with van der Waals surface area (Å²) in [6.45, 7) is 0.277. The Balaban J connectivity index is 2.21. The lowest BCUT2D eigenvalue weighted by molar-refractivity contribution is -0.123. The topological polar surface area (TPSA) is 46.3 Å². The summed E-state index contributed by atoms with van der Waals surface area (Å²) in [5, 5.41) is 0. The van der Waals surface area contributed by atoms with E-state index in [1.807, 2.05) is 18.2 Å². The Hall–Kier alpha value is -2.27. The lowest BCUT2D eigenvalue weighted by atomic mass is 10.0. The van der Waals surface area contributed by atoms with Crippen LogP contribution in [0.5, 0.6) is 0 Å². The van der Waals surface area contributed by atoms with Gasteiger partial charge in [0, 0.05) is 6.54 Å². The Kier molecular flexibility index (Phi) is 4.65. The van der Waals surface area contributed by atoms with Crippen molar-refractivity contribution in [3.05, 3.63) is 71.3 Å². The van der Waals surface area contributed by atoms with Crippen LogP contribution in [0.3, 0.4) is 0 Å². The first-order valence-corrected chi connectivity index (χ1v) is 6.47. The highest BCUT2D eigenvalue weighted by Crippen LogP contribution is 2.21. The summed E-state index contributed by atoms with van der Waals surface area (Å²) in [5.74, 6) is -2.29. The second-order valence-electron chi connectivity index (χ2n) is 4.88. The van der Waals surface area contributed by atoms with Crippen molar-refractivity contribution in [1.82, 2.24) is 4.90 Å². The third-order valence-electron chi connectivity index (χ3n) is 3.24. The van der Waals surface area contributed by atoms with Crippen molar-refractivity contribution in [2.24, 2.45) is 5.73 Å². The number of hydrogen-bond donors (Lipinski definition) is 1. The number of halogens is 2. The van der Waals surface area contributed by atoms with Gasteiger partial charge in [-0.3, -0.25) is 9.69 Å².